The zero-order valence-electron chi connectivity index (χ0n) is 13.4. The predicted molar refractivity (Wildman–Crippen MR) is 82.8 cm³/mol. The summed E-state index contributed by atoms with van der Waals surface area (Å²) < 4.78 is 23.3. The third-order valence-electron chi connectivity index (χ3n) is 4.18. The van der Waals surface area contributed by atoms with Gasteiger partial charge in [-0.1, -0.05) is 19.8 Å². The summed E-state index contributed by atoms with van der Waals surface area (Å²) in [5.74, 6) is -1.24. The smallest absolute Gasteiger partial charge is 0.338 e. The van der Waals surface area contributed by atoms with Crippen molar-refractivity contribution in [3.63, 3.8) is 0 Å². The molecule has 1 N–H and O–H groups in total. The van der Waals surface area contributed by atoms with Gasteiger partial charge in [0.15, 0.2) is 18.2 Å². The van der Waals surface area contributed by atoms with E-state index in [1.807, 2.05) is 0 Å². The largest absolute Gasteiger partial charge is 0.494 e. The lowest BCUT2D eigenvalue weighted by atomic mass is 9.86. The molecule has 1 aliphatic rings. The number of carbonyl (C=O) groups is 2. The average molecular weight is 323 g/mol. The second-order valence-electron chi connectivity index (χ2n) is 5.86. The van der Waals surface area contributed by atoms with Crippen molar-refractivity contribution in [2.24, 2.45) is 5.92 Å². The van der Waals surface area contributed by atoms with Crippen molar-refractivity contribution in [3.05, 3.63) is 29.6 Å². The highest BCUT2D eigenvalue weighted by Crippen LogP contribution is 2.23. The van der Waals surface area contributed by atoms with Gasteiger partial charge in [0, 0.05) is 6.04 Å². The molecule has 1 saturated carbocycles. The second-order valence-corrected chi connectivity index (χ2v) is 5.86. The van der Waals surface area contributed by atoms with E-state index in [0.717, 1.165) is 25.3 Å². The van der Waals surface area contributed by atoms with Crippen LogP contribution in [0.2, 0.25) is 0 Å². The minimum atomic E-state index is -0.738. The number of hydrogen-bond acceptors (Lipinski definition) is 4. The highest BCUT2D eigenvalue weighted by molar-refractivity contribution is 5.91. The molecular weight excluding hydrogens is 301 g/mol. The van der Waals surface area contributed by atoms with Crippen LogP contribution in [-0.2, 0) is 9.53 Å². The lowest BCUT2D eigenvalue weighted by molar-refractivity contribution is -0.125. The topological polar surface area (TPSA) is 64.6 Å². The lowest BCUT2D eigenvalue weighted by Crippen LogP contribution is -2.42. The molecule has 126 valence electrons. The Morgan fingerprint density at radius 1 is 1.30 bits per heavy atom. The molecule has 1 aliphatic carbocycles. The minimum Gasteiger partial charge on any atom is -0.494 e. The maximum Gasteiger partial charge on any atom is 0.338 e. The number of rotatable bonds is 5. The Hall–Kier alpha value is -2.11. The van der Waals surface area contributed by atoms with Crippen molar-refractivity contribution in [3.8, 4) is 5.75 Å². The number of halogens is 1. The lowest BCUT2D eigenvalue weighted by Gasteiger charge is -2.29. The molecule has 1 aromatic rings. The van der Waals surface area contributed by atoms with Gasteiger partial charge in [-0.05, 0) is 37.0 Å². The van der Waals surface area contributed by atoms with Crippen LogP contribution < -0.4 is 10.1 Å². The maximum atomic E-state index is 13.5. The van der Waals surface area contributed by atoms with E-state index in [1.165, 1.54) is 25.7 Å². The normalized spacial score (nSPS) is 20.7. The molecule has 1 aromatic carbocycles. The molecule has 23 heavy (non-hydrogen) atoms. The number of nitrogens with one attached hydrogen (secondary N) is 1. The van der Waals surface area contributed by atoms with Crippen LogP contribution in [-0.4, -0.2) is 31.6 Å². The molecule has 0 aliphatic heterocycles. The molecule has 0 saturated heterocycles. The molecule has 0 spiro atoms. The van der Waals surface area contributed by atoms with E-state index in [2.05, 4.69) is 12.2 Å². The summed E-state index contributed by atoms with van der Waals surface area (Å²) in [6.45, 7) is 1.74. The van der Waals surface area contributed by atoms with Crippen molar-refractivity contribution in [1.82, 2.24) is 5.32 Å². The summed E-state index contributed by atoms with van der Waals surface area (Å²) in [4.78, 5) is 23.7. The second kappa shape index (κ2) is 7.94. The van der Waals surface area contributed by atoms with Crippen LogP contribution in [0.15, 0.2) is 18.2 Å². The number of amides is 1. The van der Waals surface area contributed by atoms with Gasteiger partial charge in [0.25, 0.3) is 5.91 Å². The summed E-state index contributed by atoms with van der Waals surface area (Å²) in [6, 6.07) is 3.90. The monoisotopic (exact) mass is 323 g/mol. The first-order chi connectivity index (χ1) is 11.0. The first-order valence-corrected chi connectivity index (χ1v) is 7.81. The van der Waals surface area contributed by atoms with E-state index in [0.29, 0.717) is 5.92 Å². The molecule has 0 aromatic heterocycles. The Labute approximate surface area is 135 Å². The van der Waals surface area contributed by atoms with Crippen molar-refractivity contribution in [2.45, 2.75) is 38.6 Å². The SMILES string of the molecule is COc1ccc(C(=O)OCC(=O)N[C@@H]2CCCC[C@@H]2C)cc1F. The molecule has 2 atom stereocenters. The summed E-state index contributed by atoms with van der Waals surface area (Å²) in [5, 5.41) is 2.89. The highest BCUT2D eigenvalue weighted by atomic mass is 19.1. The Bertz CT molecular complexity index is 576. The number of esters is 1. The van der Waals surface area contributed by atoms with Crippen LogP contribution in [0.1, 0.15) is 43.0 Å². The number of ether oxygens (including phenoxy) is 2. The Morgan fingerprint density at radius 2 is 2.04 bits per heavy atom. The summed E-state index contributed by atoms with van der Waals surface area (Å²) in [7, 11) is 1.34. The zero-order valence-corrected chi connectivity index (χ0v) is 13.4. The molecule has 2 rings (SSSR count). The average Bonchev–Trinajstić information content (AvgIpc) is 2.54. The third kappa shape index (κ3) is 4.68. The molecule has 0 radical (unpaired) electrons. The quantitative estimate of drug-likeness (QED) is 0.846. The van der Waals surface area contributed by atoms with Crippen molar-refractivity contribution in [1.29, 1.82) is 0 Å². The summed E-state index contributed by atoms with van der Waals surface area (Å²) in [5.41, 5.74) is 0.0436. The molecule has 5 nitrogen and oxygen atoms in total. The molecule has 1 fully saturated rings. The summed E-state index contributed by atoms with van der Waals surface area (Å²) in [6.07, 6.45) is 4.33. The van der Waals surface area contributed by atoms with Gasteiger partial charge in [-0.15, -0.1) is 0 Å². The van der Waals surface area contributed by atoms with Crippen molar-refractivity contribution in [2.75, 3.05) is 13.7 Å². The predicted octanol–water partition coefficient (Wildman–Crippen LogP) is 2.69. The molecular formula is C17H22FNO4. The standard InChI is InChI=1S/C17H22FNO4/c1-11-5-3-4-6-14(11)19-16(20)10-23-17(21)12-7-8-15(22-2)13(18)9-12/h7-9,11,14H,3-6,10H2,1-2H3,(H,19,20)/t11-,14+/m0/s1. The third-order valence-corrected chi connectivity index (χ3v) is 4.18. The van der Waals surface area contributed by atoms with Crippen LogP contribution in [0, 0.1) is 11.7 Å². The molecule has 0 unspecified atom stereocenters. The Balaban J connectivity index is 1.83. The number of methoxy groups -OCH3 is 1. The number of benzene rings is 1. The van der Waals surface area contributed by atoms with Gasteiger partial charge in [0.2, 0.25) is 0 Å². The van der Waals surface area contributed by atoms with Crippen LogP contribution >= 0.6 is 0 Å². The molecule has 6 heteroatoms. The first-order valence-electron chi connectivity index (χ1n) is 7.81. The van der Waals surface area contributed by atoms with Crippen LogP contribution in [0.3, 0.4) is 0 Å². The maximum absolute atomic E-state index is 13.5. The fourth-order valence-corrected chi connectivity index (χ4v) is 2.79. The van der Waals surface area contributed by atoms with E-state index in [1.54, 1.807) is 0 Å². The Kier molecular flexibility index (Phi) is 5.96. The first kappa shape index (κ1) is 17.2. The van der Waals surface area contributed by atoms with Gasteiger partial charge in [-0.2, -0.15) is 0 Å². The van der Waals surface area contributed by atoms with E-state index >= 15 is 0 Å². The van der Waals surface area contributed by atoms with Crippen LogP contribution in [0.5, 0.6) is 5.75 Å². The van der Waals surface area contributed by atoms with Crippen molar-refractivity contribution >= 4 is 11.9 Å². The number of hydrogen-bond donors (Lipinski definition) is 1. The Morgan fingerprint density at radius 3 is 2.70 bits per heavy atom. The van der Waals surface area contributed by atoms with Gasteiger partial charge in [-0.3, -0.25) is 4.79 Å². The van der Waals surface area contributed by atoms with Gasteiger partial charge >= 0.3 is 5.97 Å². The van der Waals surface area contributed by atoms with Gasteiger partial charge in [0.05, 0.1) is 12.7 Å². The zero-order chi connectivity index (χ0) is 16.8. The van der Waals surface area contributed by atoms with Gasteiger partial charge in [-0.25, -0.2) is 9.18 Å². The van der Waals surface area contributed by atoms with Crippen molar-refractivity contribution < 1.29 is 23.5 Å². The fraction of sp³-hybridized carbons (Fsp3) is 0.529. The van der Waals surface area contributed by atoms with E-state index in [9.17, 15) is 14.0 Å². The van der Waals surface area contributed by atoms with Crippen LogP contribution in [0.4, 0.5) is 4.39 Å². The van der Waals surface area contributed by atoms with E-state index in [-0.39, 0.29) is 29.9 Å². The van der Waals surface area contributed by atoms with Crippen LogP contribution in [0.25, 0.3) is 0 Å². The minimum absolute atomic E-state index is 0.0436. The fourth-order valence-electron chi connectivity index (χ4n) is 2.79. The summed E-state index contributed by atoms with van der Waals surface area (Å²) >= 11 is 0. The highest BCUT2D eigenvalue weighted by Gasteiger charge is 2.23. The van der Waals surface area contributed by atoms with Gasteiger partial charge in [0.1, 0.15) is 0 Å². The van der Waals surface area contributed by atoms with E-state index < -0.39 is 11.8 Å². The van der Waals surface area contributed by atoms with E-state index in [4.69, 9.17) is 9.47 Å². The number of carbonyl (C=O) groups excluding carboxylic acids is 2. The molecule has 1 amide bonds. The van der Waals surface area contributed by atoms with Gasteiger partial charge < -0.3 is 14.8 Å². The molecule has 0 bridgehead atoms. The molecule has 0 heterocycles.